The fraction of sp³-hybridized carbons (Fsp3) is 0.500. The number of fused-ring (bicyclic) bond motifs is 5. The number of benzene rings is 5. The lowest BCUT2D eigenvalue weighted by Crippen LogP contribution is -2.82. The Morgan fingerprint density at radius 1 is 0.627 bits per heavy atom. The zero-order chi connectivity index (χ0) is 79.3. The van der Waals surface area contributed by atoms with Gasteiger partial charge < -0.3 is 68.0 Å². The van der Waals surface area contributed by atoms with Gasteiger partial charge in [0.1, 0.15) is 37.1 Å². The van der Waals surface area contributed by atoms with Crippen LogP contribution in [-0.4, -0.2) is 212 Å². The predicted octanol–water partition coefficient (Wildman–Crippen LogP) is 10.3. The highest BCUT2D eigenvalue weighted by Gasteiger charge is 2.79. The van der Waals surface area contributed by atoms with E-state index < -0.39 is 150 Å². The normalized spacial score (nSPS) is 22.9. The van der Waals surface area contributed by atoms with Crippen LogP contribution < -0.4 is 15.1 Å². The molecule has 28 heteroatoms. The molecule has 3 aliphatic carbocycles. The van der Waals surface area contributed by atoms with Crippen molar-refractivity contribution in [1.82, 2.24) is 10.2 Å². The average Bonchev–Trinajstić information content (AvgIpc) is 0.667. The van der Waals surface area contributed by atoms with E-state index in [1.165, 1.54) is 39.8 Å². The Bertz CT molecular complexity index is 3900. The van der Waals surface area contributed by atoms with Crippen LogP contribution in [0.2, 0.25) is 0 Å². The Hall–Kier alpha value is -8.17. The number of nitrogens with zero attached hydrogens (tertiary/aromatic N) is 3. The molecule has 24 nitrogen and oxygen atoms in total. The van der Waals surface area contributed by atoms with Crippen LogP contribution in [0.5, 0.6) is 0 Å². The van der Waals surface area contributed by atoms with Gasteiger partial charge in [-0.05, 0) is 116 Å². The van der Waals surface area contributed by atoms with Crippen molar-refractivity contribution in [3.05, 3.63) is 178 Å². The highest BCUT2D eigenvalue weighted by atomic mass is 35.5. The topological polar surface area (TPSA) is 299 Å². The lowest BCUT2D eigenvalue weighted by Gasteiger charge is -2.67. The van der Waals surface area contributed by atoms with Crippen molar-refractivity contribution in [3.8, 4) is 0 Å². The summed E-state index contributed by atoms with van der Waals surface area (Å²) in [6, 6.07) is 38.5. The van der Waals surface area contributed by atoms with E-state index in [1.807, 2.05) is 48.5 Å². The molecule has 0 spiro atoms. The van der Waals surface area contributed by atoms with E-state index in [2.05, 4.69) is 15.1 Å². The molecule has 1 saturated heterocycles. The number of esters is 7. The summed E-state index contributed by atoms with van der Waals surface area (Å²) in [6.45, 7) is 8.62. The number of carbonyl (C=O) groups is 9. The number of aliphatic hydroxyl groups is 2. The van der Waals surface area contributed by atoms with Crippen LogP contribution in [0.25, 0.3) is 0 Å². The van der Waals surface area contributed by atoms with Crippen LogP contribution in [-0.2, 0) is 89.0 Å². The number of hydrogen-bond acceptors (Lipinski definition) is 23. The minimum Gasteiger partial charge on any atom is -0.464 e. The number of amides is 1. The monoisotopic (exact) mass is 1600 g/mol. The first-order chi connectivity index (χ1) is 52.7. The third-order valence-corrected chi connectivity index (χ3v) is 22.0. The Kier molecular flexibility index (Phi) is 31.1. The smallest absolute Gasteiger partial charge is 0.338 e. The molecule has 0 aromatic heterocycles. The molecule has 2 bridgehead atoms. The minimum absolute atomic E-state index is 0.00432. The Labute approximate surface area is 661 Å². The van der Waals surface area contributed by atoms with Crippen molar-refractivity contribution in [2.45, 2.75) is 147 Å². The molecule has 2 saturated carbocycles. The summed E-state index contributed by atoms with van der Waals surface area (Å²) in [4.78, 5) is 134. The van der Waals surface area contributed by atoms with Gasteiger partial charge in [0.05, 0.1) is 42.2 Å². The first kappa shape index (κ1) is 85.8. The number of carbonyl (C=O) groups excluding carboxylic acids is 9. The maximum atomic E-state index is 16.7. The van der Waals surface area contributed by atoms with Gasteiger partial charge in [-0.3, -0.25) is 38.5 Å². The molecule has 11 atom stereocenters. The maximum Gasteiger partial charge on any atom is 0.338 e. The van der Waals surface area contributed by atoms with E-state index in [4.69, 9.17) is 89.0 Å². The van der Waals surface area contributed by atoms with Crippen LogP contribution in [0, 0.1) is 16.7 Å². The summed E-state index contributed by atoms with van der Waals surface area (Å²) < 4.78 is 55.4. The molecule has 9 rings (SSSR count). The fourth-order valence-corrected chi connectivity index (χ4v) is 16.4. The predicted molar refractivity (Wildman–Crippen MR) is 412 cm³/mol. The molecular formula is C82H98Cl4N4O20. The quantitative estimate of drug-likeness (QED) is 0.0108. The highest BCUT2D eigenvalue weighted by molar-refractivity contribution is 6.19. The SMILES string of the molecule is CC(=O)O[C@H]1C(=O)[C@]2(C)[C@@H](OCOC(=O)CN(CCOC(=O)CCCc3ccc(N(CCCl)CCCl)cc3)CCOC(=O)CCCc3ccc(N(CCCl)CCCl)cc3)C[C@H]3OC[C@@]3(OC(C)=O)[C@H]2[C@H](OC(=O)c2ccccc2)[C@]2(O)C[C@H](OC(=O)[C@H](O)[C@@H](NC(=O)c3ccccc3)c3ccccc3)C(C)=C1C2(C)C. The van der Waals surface area contributed by atoms with Crippen molar-refractivity contribution in [2.24, 2.45) is 16.7 Å². The summed E-state index contributed by atoms with van der Waals surface area (Å²) in [6.07, 6.45) is -8.98. The Morgan fingerprint density at radius 3 is 1.62 bits per heavy atom. The number of aryl methyl sites for hydroxylation is 2. The van der Waals surface area contributed by atoms with Crippen LogP contribution in [0.1, 0.15) is 124 Å². The largest absolute Gasteiger partial charge is 0.464 e. The van der Waals surface area contributed by atoms with Crippen molar-refractivity contribution in [2.75, 3.05) is 106 Å². The first-order valence-corrected chi connectivity index (χ1v) is 39.1. The summed E-state index contributed by atoms with van der Waals surface area (Å²) in [5.41, 5.74) is -4.02. The molecule has 0 radical (unpaired) electrons. The molecule has 1 aliphatic heterocycles. The summed E-state index contributed by atoms with van der Waals surface area (Å²) in [7, 11) is 0. The molecule has 3 N–H and O–H groups in total. The number of alkyl halides is 4. The Morgan fingerprint density at radius 2 is 1.14 bits per heavy atom. The third kappa shape index (κ3) is 20.7. The van der Waals surface area contributed by atoms with Crippen LogP contribution in [0.3, 0.4) is 0 Å². The molecule has 3 fully saturated rings. The van der Waals surface area contributed by atoms with Gasteiger partial charge in [-0.2, -0.15) is 0 Å². The number of Topliss-reactive ketones (excluding diaryl/α,β-unsaturated/α-hetero) is 1. The zero-order valence-corrected chi connectivity index (χ0v) is 65.8. The van der Waals surface area contributed by atoms with Crippen molar-refractivity contribution < 1.29 is 96.0 Å². The Balaban J connectivity index is 0.974. The second kappa shape index (κ2) is 39.8. The number of halogens is 4. The molecule has 5 aromatic carbocycles. The van der Waals surface area contributed by atoms with Gasteiger partial charge in [-0.1, -0.05) is 105 Å². The molecule has 4 aliphatic rings. The number of nitrogens with one attached hydrogen (secondary N) is 1. The first-order valence-electron chi connectivity index (χ1n) is 37.0. The average molecular weight is 1600 g/mol. The van der Waals surface area contributed by atoms with E-state index in [0.29, 0.717) is 80.9 Å². The number of anilines is 2. The lowest BCUT2D eigenvalue weighted by molar-refractivity contribution is -0.351. The van der Waals surface area contributed by atoms with Gasteiger partial charge in [-0.15, -0.1) is 46.4 Å². The standard InChI is InChI=1S/C82H98Cl4N4O20/c1-53-63(108-78(100)71(96)70(58-20-10-7-11-21-58)87-76(98)59-22-12-8-13-23-59)49-82(101)75(109-77(99)60-24-14-9-15-25-60)73-80(6,74(97)72(107-54(2)91)69(53)79(82,4)5)64(48-65-81(73,51-104-65)110-55(3)92)105-52-106-68(95)50-88(44-46-102-66(93)26-16-18-56-28-32-61(33-29-56)89(40-36-83)41-37-84)45-47-103-67(94)27-17-19-57-30-34-62(35-31-57)90(42-38-85)43-39-86/h7-15,20-25,28-35,63-65,70-73,75,96,101H,16-19,26-27,36-52H2,1-6H3,(H,87,98)/t63-,64-,65+,70-,71+,72+,73-,75-,80+,81-,82+/m0/s1. The number of hydrogen-bond donors (Lipinski definition) is 3. The minimum atomic E-state index is -2.56. The second-order valence-electron chi connectivity index (χ2n) is 28.6. The van der Waals surface area contributed by atoms with Gasteiger partial charge >= 0.3 is 41.8 Å². The number of ether oxygens (including phenoxy) is 9. The lowest BCUT2D eigenvalue weighted by atomic mass is 9.44. The molecule has 1 amide bonds. The highest BCUT2D eigenvalue weighted by Crippen LogP contribution is 2.65. The molecule has 0 unspecified atom stereocenters. The van der Waals surface area contributed by atoms with Crippen molar-refractivity contribution in [1.29, 1.82) is 0 Å². The molecule has 1 heterocycles. The van der Waals surface area contributed by atoms with E-state index >= 15 is 4.79 Å². The number of rotatable bonds is 39. The molecule has 594 valence electrons. The van der Waals surface area contributed by atoms with E-state index in [0.717, 1.165) is 36.3 Å². The number of ketones is 1. The second-order valence-corrected chi connectivity index (χ2v) is 30.1. The van der Waals surface area contributed by atoms with Crippen LogP contribution in [0.15, 0.2) is 151 Å². The van der Waals surface area contributed by atoms with Gasteiger partial charge in [0.25, 0.3) is 5.91 Å². The van der Waals surface area contributed by atoms with E-state index in [9.17, 15) is 48.6 Å². The van der Waals surface area contributed by atoms with E-state index in [1.54, 1.807) is 83.8 Å². The summed E-state index contributed by atoms with van der Waals surface area (Å²) in [5.74, 6) is -7.49. The zero-order valence-electron chi connectivity index (χ0n) is 62.8. The van der Waals surface area contributed by atoms with E-state index in [-0.39, 0.29) is 67.8 Å². The third-order valence-electron chi connectivity index (χ3n) is 21.3. The maximum absolute atomic E-state index is 16.7. The van der Waals surface area contributed by atoms with Crippen molar-refractivity contribution >= 4 is 111 Å². The van der Waals surface area contributed by atoms with Gasteiger partial charge in [0.2, 0.25) is 0 Å². The van der Waals surface area contributed by atoms with Crippen LogP contribution >= 0.6 is 46.4 Å². The molecule has 5 aromatic rings. The molecular weight excluding hydrogens is 1500 g/mol. The number of aliphatic hydroxyl groups excluding tert-OH is 1. The van der Waals surface area contributed by atoms with Crippen LogP contribution in [0.4, 0.5) is 11.4 Å². The fourth-order valence-electron chi connectivity index (χ4n) is 15.6. The summed E-state index contributed by atoms with van der Waals surface area (Å²) in [5, 5.41) is 29.2. The van der Waals surface area contributed by atoms with Gasteiger partial charge in [-0.25, -0.2) is 9.59 Å². The van der Waals surface area contributed by atoms with Crippen molar-refractivity contribution in [3.63, 3.8) is 0 Å². The molecule has 110 heavy (non-hydrogen) atoms. The van der Waals surface area contributed by atoms with Gasteiger partial charge in [0.15, 0.2) is 30.4 Å². The summed E-state index contributed by atoms with van der Waals surface area (Å²) >= 11 is 24.1. The van der Waals surface area contributed by atoms with Gasteiger partial charge in [0, 0.05) is 125 Å².